The SMILES string of the molecule is CC1(OCc2ccc(F)cc2)CCCNC1. The maximum atomic E-state index is 12.7. The summed E-state index contributed by atoms with van der Waals surface area (Å²) in [6.07, 6.45) is 2.24. The van der Waals surface area contributed by atoms with Gasteiger partial charge in [0.2, 0.25) is 0 Å². The van der Waals surface area contributed by atoms with Crippen molar-refractivity contribution in [2.24, 2.45) is 0 Å². The van der Waals surface area contributed by atoms with Gasteiger partial charge in [0.1, 0.15) is 5.82 Å². The van der Waals surface area contributed by atoms with Crippen LogP contribution < -0.4 is 5.32 Å². The summed E-state index contributed by atoms with van der Waals surface area (Å²) < 4.78 is 18.6. The Bertz CT molecular complexity index is 330. The molecule has 1 saturated heterocycles. The van der Waals surface area contributed by atoms with Gasteiger partial charge in [-0.3, -0.25) is 0 Å². The molecule has 0 aliphatic carbocycles. The fourth-order valence-corrected chi connectivity index (χ4v) is 1.99. The van der Waals surface area contributed by atoms with Crippen LogP contribution in [0.15, 0.2) is 24.3 Å². The van der Waals surface area contributed by atoms with Crippen molar-refractivity contribution in [3.63, 3.8) is 0 Å². The summed E-state index contributed by atoms with van der Waals surface area (Å²) in [6.45, 7) is 4.66. The average Bonchev–Trinajstić information content (AvgIpc) is 2.29. The molecule has 16 heavy (non-hydrogen) atoms. The van der Waals surface area contributed by atoms with Crippen molar-refractivity contribution in [3.05, 3.63) is 35.6 Å². The molecule has 1 atom stereocenters. The highest BCUT2D eigenvalue weighted by molar-refractivity contribution is 5.15. The van der Waals surface area contributed by atoms with E-state index < -0.39 is 0 Å². The van der Waals surface area contributed by atoms with Gasteiger partial charge in [0.15, 0.2) is 0 Å². The first-order valence-electron chi connectivity index (χ1n) is 5.77. The third kappa shape index (κ3) is 3.03. The summed E-state index contributed by atoms with van der Waals surface area (Å²) in [5.41, 5.74) is 0.945. The highest BCUT2D eigenvalue weighted by Gasteiger charge is 2.27. The zero-order valence-electron chi connectivity index (χ0n) is 9.63. The summed E-state index contributed by atoms with van der Waals surface area (Å²) in [5, 5.41) is 3.34. The molecule has 1 aliphatic rings. The third-order valence-corrected chi connectivity index (χ3v) is 3.06. The molecule has 1 unspecified atom stereocenters. The summed E-state index contributed by atoms with van der Waals surface area (Å²) in [6, 6.07) is 6.49. The van der Waals surface area contributed by atoms with Crippen molar-refractivity contribution in [3.8, 4) is 0 Å². The molecule has 0 radical (unpaired) electrons. The molecule has 0 aromatic heterocycles. The van der Waals surface area contributed by atoms with Gasteiger partial charge in [-0.25, -0.2) is 4.39 Å². The minimum atomic E-state index is -0.200. The topological polar surface area (TPSA) is 21.3 Å². The van der Waals surface area contributed by atoms with E-state index >= 15 is 0 Å². The second-order valence-electron chi connectivity index (χ2n) is 4.65. The molecular formula is C13H18FNO. The molecule has 1 aliphatic heterocycles. The van der Waals surface area contributed by atoms with E-state index in [-0.39, 0.29) is 11.4 Å². The number of benzene rings is 1. The van der Waals surface area contributed by atoms with Crippen LogP contribution in [0.5, 0.6) is 0 Å². The first-order chi connectivity index (χ1) is 7.68. The monoisotopic (exact) mass is 223 g/mol. The summed E-state index contributed by atoms with van der Waals surface area (Å²) in [4.78, 5) is 0. The van der Waals surface area contributed by atoms with Crippen molar-refractivity contribution < 1.29 is 9.13 Å². The summed E-state index contributed by atoms with van der Waals surface area (Å²) >= 11 is 0. The lowest BCUT2D eigenvalue weighted by Gasteiger charge is -2.34. The lowest BCUT2D eigenvalue weighted by molar-refractivity contribution is -0.0571. The molecule has 0 spiro atoms. The van der Waals surface area contributed by atoms with E-state index in [0.29, 0.717) is 6.61 Å². The second kappa shape index (κ2) is 4.93. The quantitative estimate of drug-likeness (QED) is 0.850. The Morgan fingerprint density at radius 1 is 1.38 bits per heavy atom. The lowest BCUT2D eigenvalue weighted by atomic mass is 9.96. The Labute approximate surface area is 95.8 Å². The average molecular weight is 223 g/mol. The van der Waals surface area contributed by atoms with E-state index in [0.717, 1.165) is 31.5 Å². The van der Waals surface area contributed by atoms with Crippen LogP contribution in [0.1, 0.15) is 25.3 Å². The van der Waals surface area contributed by atoms with E-state index in [1.807, 2.05) is 0 Å². The molecule has 2 nitrogen and oxygen atoms in total. The molecular weight excluding hydrogens is 205 g/mol. The first kappa shape index (κ1) is 11.6. The predicted molar refractivity (Wildman–Crippen MR) is 61.7 cm³/mol. The van der Waals surface area contributed by atoms with Crippen LogP contribution in [-0.4, -0.2) is 18.7 Å². The normalized spacial score (nSPS) is 25.6. The number of nitrogens with one attached hydrogen (secondary N) is 1. The number of rotatable bonds is 3. The second-order valence-corrected chi connectivity index (χ2v) is 4.65. The molecule has 88 valence electrons. The molecule has 1 aromatic rings. The van der Waals surface area contributed by atoms with Gasteiger partial charge in [0.05, 0.1) is 12.2 Å². The smallest absolute Gasteiger partial charge is 0.123 e. The first-order valence-corrected chi connectivity index (χ1v) is 5.77. The van der Waals surface area contributed by atoms with Crippen molar-refractivity contribution in [1.29, 1.82) is 0 Å². The van der Waals surface area contributed by atoms with Crippen LogP contribution in [0.3, 0.4) is 0 Å². The highest BCUT2D eigenvalue weighted by Crippen LogP contribution is 2.21. The molecule has 2 rings (SSSR count). The fraction of sp³-hybridized carbons (Fsp3) is 0.538. The molecule has 1 fully saturated rings. The van der Waals surface area contributed by atoms with Gasteiger partial charge < -0.3 is 10.1 Å². The molecule has 1 heterocycles. The molecule has 3 heteroatoms. The van der Waals surface area contributed by atoms with Crippen LogP contribution in [0, 0.1) is 5.82 Å². The molecule has 0 bridgehead atoms. The highest BCUT2D eigenvalue weighted by atomic mass is 19.1. The number of hydrogen-bond donors (Lipinski definition) is 1. The van der Waals surface area contributed by atoms with Crippen LogP contribution >= 0.6 is 0 Å². The van der Waals surface area contributed by atoms with Crippen LogP contribution in [0.25, 0.3) is 0 Å². The van der Waals surface area contributed by atoms with Gasteiger partial charge in [-0.1, -0.05) is 12.1 Å². The van der Waals surface area contributed by atoms with Gasteiger partial charge in [0, 0.05) is 6.54 Å². The fourth-order valence-electron chi connectivity index (χ4n) is 1.99. The molecule has 0 saturated carbocycles. The van der Waals surface area contributed by atoms with Crippen LogP contribution in [-0.2, 0) is 11.3 Å². The molecule has 0 amide bonds. The standard InChI is InChI=1S/C13H18FNO/c1-13(7-2-8-15-10-13)16-9-11-3-5-12(14)6-4-11/h3-6,15H,2,7-10H2,1H3. The lowest BCUT2D eigenvalue weighted by Crippen LogP contribution is -2.45. The number of halogens is 1. The van der Waals surface area contributed by atoms with E-state index in [1.54, 1.807) is 12.1 Å². The van der Waals surface area contributed by atoms with E-state index in [4.69, 9.17) is 4.74 Å². The largest absolute Gasteiger partial charge is 0.369 e. The molecule has 1 aromatic carbocycles. The Morgan fingerprint density at radius 2 is 2.12 bits per heavy atom. The summed E-state index contributed by atoms with van der Waals surface area (Å²) in [7, 11) is 0. The van der Waals surface area contributed by atoms with Gasteiger partial charge in [-0.05, 0) is 44.0 Å². The van der Waals surface area contributed by atoms with Crippen LogP contribution in [0.2, 0.25) is 0 Å². The minimum Gasteiger partial charge on any atom is -0.369 e. The zero-order valence-corrected chi connectivity index (χ0v) is 9.63. The van der Waals surface area contributed by atoms with Gasteiger partial charge in [0.25, 0.3) is 0 Å². The number of piperidine rings is 1. The summed E-state index contributed by atoms with van der Waals surface area (Å²) in [5.74, 6) is -0.200. The van der Waals surface area contributed by atoms with E-state index in [1.165, 1.54) is 12.1 Å². The maximum Gasteiger partial charge on any atom is 0.123 e. The van der Waals surface area contributed by atoms with Crippen molar-refractivity contribution in [2.45, 2.75) is 32.0 Å². The van der Waals surface area contributed by atoms with Crippen LogP contribution in [0.4, 0.5) is 4.39 Å². The van der Waals surface area contributed by atoms with Crippen molar-refractivity contribution >= 4 is 0 Å². The van der Waals surface area contributed by atoms with Gasteiger partial charge >= 0.3 is 0 Å². The van der Waals surface area contributed by atoms with Crippen molar-refractivity contribution in [1.82, 2.24) is 5.32 Å². The maximum absolute atomic E-state index is 12.7. The minimum absolute atomic E-state index is 0.0767. The van der Waals surface area contributed by atoms with Gasteiger partial charge in [-0.15, -0.1) is 0 Å². The third-order valence-electron chi connectivity index (χ3n) is 3.06. The van der Waals surface area contributed by atoms with E-state index in [9.17, 15) is 4.39 Å². The molecule has 1 N–H and O–H groups in total. The Kier molecular flexibility index (Phi) is 3.56. The van der Waals surface area contributed by atoms with Gasteiger partial charge in [-0.2, -0.15) is 0 Å². The Balaban J connectivity index is 1.88. The van der Waals surface area contributed by atoms with Crippen molar-refractivity contribution in [2.75, 3.05) is 13.1 Å². The Hall–Kier alpha value is -0.930. The van der Waals surface area contributed by atoms with E-state index in [2.05, 4.69) is 12.2 Å². The zero-order chi connectivity index (χ0) is 11.4. The Morgan fingerprint density at radius 3 is 2.75 bits per heavy atom. The number of hydrogen-bond acceptors (Lipinski definition) is 2. The number of ether oxygens (including phenoxy) is 1. The predicted octanol–water partition coefficient (Wildman–Crippen LogP) is 2.48.